The molecule has 1 N–H and O–H groups in total. The summed E-state index contributed by atoms with van der Waals surface area (Å²) in [7, 11) is 0. The van der Waals surface area contributed by atoms with Gasteiger partial charge in [-0.25, -0.2) is 39.9 Å². The predicted molar refractivity (Wildman–Crippen MR) is 382 cm³/mol. The molecule has 4 aromatic rings. The maximum absolute atomic E-state index is 13.3. The first-order chi connectivity index (χ1) is 45.2. The Labute approximate surface area is 578 Å². The maximum Gasteiger partial charge on any atom is 0.227 e. The summed E-state index contributed by atoms with van der Waals surface area (Å²) in [5, 5.41) is 7.53. The van der Waals surface area contributed by atoms with Crippen molar-refractivity contribution in [1.82, 2.24) is 59.5 Å². The van der Waals surface area contributed by atoms with Gasteiger partial charge in [-0.2, -0.15) is 0 Å². The molecule has 12 aliphatic rings. The Kier molecular flexibility index (Phi) is 31.8. The van der Waals surface area contributed by atoms with Crippen LogP contribution in [0.4, 0.5) is 0 Å². The number of ketones is 1. The van der Waals surface area contributed by atoms with Gasteiger partial charge in [0.25, 0.3) is 0 Å². The Morgan fingerprint density at radius 1 is 0.538 bits per heavy atom. The van der Waals surface area contributed by atoms with Gasteiger partial charge in [0, 0.05) is 101 Å². The lowest BCUT2D eigenvalue weighted by atomic mass is 9.48. The fraction of sp³-hybridized carbons (Fsp3) is 0.711. The zero-order valence-electron chi connectivity index (χ0n) is 57.2. The monoisotopic (exact) mass is 1400 g/mol. The van der Waals surface area contributed by atoms with E-state index in [9.17, 15) is 9.59 Å². The third kappa shape index (κ3) is 25.5. The summed E-state index contributed by atoms with van der Waals surface area (Å²) >= 11 is 7.84. The molecule has 17 heteroatoms. The van der Waals surface area contributed by atoms with Crippen LogP contribution in [0.3, 0.4) is 0 Å². The minimum Gasteiger partial charge on any atom is -0.397 e. The van der Waals surface area contributed by atoms with Crippen molar-refractivity contribution in [2.75, 3.05) is 85.1 Å². The minimum atomic E-state index is -0.0731. The minimum absolute atomic E-state index is 0.00583. The molecule has 8 heterocycles. The molecule has 0 radical (unpaired) electrons. The molecule has 0 amide bonds. The van der Waals surface area contributed by atoms with Gasteiger partial charge in [0.15, 0.2) is 3.83 Å². The van der Waals surface area contributed by atoms with E-state index in [0.717, 1.165) is 151 Å². The smallest absolute Gasteiger partial charge is 0.227 e. The van der Waals surface area contributed by atoms with Gasteiger partial charge in [0.1, 0.15) is 17.4 Å². The lowest BCUT2D eigenvalue weighted by Gasteiger charge is -2.56. The van der Waals surface area contributed by atoms with Crippen molar-refractivity contribution in [3.63, 3.8) is 0 Å². The van der Waals surface area contributed by atoms with Crippen molar-refractivity contribution >= 4 is 45.2 Å². The molecule has 0 atom stereocenters. The molecule has 0 spiro atoms. The van der Waals surface area contributed by atoms with Gasteiger partial charge >= 0.3 is 0 Å². The van der Waals surface area contributed by atoms with Crippen molar-refractivity contribution in [1.29, 1.82) is 0 Å². The van der Waals surface area contributed by atoms with Gasteiger partial charge < -0.3 is 14.9 Å². The van der Waals surface area contributed by atoms with Crippen LogP contribution in [0, 0.1) is 95.1 Å². The number of terminal acetylenes is 1. The summed E-state index contributed by atoms with van der Waals surface area (Å²) in [6.07, 6.45) is 48.5. The second-order valence-corrected chi connectivity index (χ2v) is 30.2. The number of halogens is 2. The number of aliphatic hydroxyl groups excluding tert-OH is 1. The molecular formula is C76H112ClIN12O3. The van der Waals surface area contributed by atoms with Gasteiger partial charge in [0.2, 0.25) is 11.1 Å². The molecule has 508 valence electrons. The molecule has 8 aliphatic carbocycles. The quantitative estimate of drug-likeness (QED) is 0.0547. The van der Waals surface area contributed by atoms with Gasteiger partial charge in [-0.15, -0.1) is 6.42 Å². The number of carbonyl (C=O) groups is 2. The van der Waals surface area contributed by atoms with Crippen LogP contribution in [0.2, 0.25) is 0 Å². The van der Waals surface area contributed by atoms with E-state index >= 15 is 0 Å². The predicted octanol–water partition coefficient (Wildman–Crippen LogP) is 13.5. The van der Waals surface area contributed by atoms with E-state index in [2.05, 4.69) is 94.8 Å². The van der Waals surface area contributed by atoms with Crippen molar-refractivity contribution in [2.24, 2.45) is 46.3 Å². The largest absolute Gasteiger partial charge is 0.397 e. The zero-order chi connectivity index (χ0) is 65.7. The molecule has 4 saturated heterocycles. The normalized spacial score (nSPS) is 26.7. The van der Waals surface area contributed by atoms with Crippen molar-refractivity contribution < 1.29 is 14.7 Å². The van der Waals surface area contributed by atoms with E-state index in [-0.39, 0.29) is 22.7 Å². The molecule has 12 fully saturated rings. The standard InChI is InChI=1S/C24H35N3O.C13H21N3.C13H17N3.C11H15ClO.C8H13N.C5H5IN2.C2H6O/c28-22(24-15-18-11-19(16-24)13-20(12-18)17-24)14-21-6-7-25-23(26-21)5-4-10-27-8-2-1-3-9-27;2*1-12-7-8-14-13(15-12)6-5-11-16-9-3-2-4-10-16;12-10(13)11-4-7-1-8(5-11)3-9(2-7)6-11;1-2-6-9-7-4-3-5-8-9;1-4-2-3-7-5(6)8-4;1-2-3/h6-7,18-20H,1-5,8-17H2;7-8H,2-6,9-11H2,1H3;7-8H,2-4,9-11H2,1H3;7-9H,1-6H2;1H,3-8H2;2-3H,1H3;3H,2H2,1H3. The molecule has 8 bridgehead atoms. The van der Waals surface area contributed by atoms with E-state index in [1.54, 1.807) is 19.3 Å². The number of rotatable bonds is 14. The van der Waals surface area contributed by atoms with E-state index < -0.39 is 0 Å². The van der Waals surface area contributed by atoms with Crippen LogP contribution in [-0.2, 0) is 28.9 Å². The van der Waals surface area contributed by atoms with Gasteiger partial charge in [-0.05, 0) is 312 Å². The van der Waals surface area contributed by atoms with E-state index in [4.69, 9.17) is 28.1 Å². The van der Waals surface area contributed by atoms with Crippen LogP contribution >= 0.6 is 34.2 Å². The summed E-state index contributed by atoms with van der Waals surface area (Å²) in [5.41, 5.74) is 3.93. The summed E-state index contributed by atoms with van der Waals surface area (Å²) < 4.78 is 0.808. The summed E-state index contributed by atoms with van der Waals surface area (Å²) in [4.78, 5) is 69.0. The Hall–Kier alpha value is -4.40. The van der Waals surface area contributed by atoms with Gasteiger partial charge in [0.05, 0.1) is 18.8 Å². The van der Waals surface area contributed by atoms with Crippen LogP contribution in [0.25, 0.3) is 0 Å². The highest BCUT2D eigenvalue weighted by atomic mass is 127. The Morgan fingerprint density at radius 2 is 0.925 bits per heavy atom. The molecular weight excluding hydrogens is 1290 g/mol. The van der Waals surface area contributed by atoms with E-state index in [0.29, 0.717) is 18.0 Å². The number of likely N-dealkylation sites (tertiary alicyclic amines) is 4. The average molecular weight is 1400 g/mol. The number of piperidine rings is 4. The number of carbonyl (C=O) groups excluding carboxylic acids is 2. The van der Waals surface area contributed by atoms with Crippen molar-refractivity contribution in [2.45, 2.75) is 214 Å². The number of aryl methyl sites for hydroxylation is 5. The lowest BCUT2D eigenvalue weighted by Crippen LogP contribution is -2.50. The Balaban J connectivity index is 0.000000149. The number of hydrogen-bond acceptors (Lipinski definition) is 15. The van der Waals surface area contributed by atoms with Crippen molar-refractivity contribution in [3.8, 4) is 24.2 Å². The van der Waals surface area contributed by atoms with Crippen molar-refractivity contribution in [3.05, 3.63) is 93.1 Å². The number of hydrogen-bond donors (Lipinski definition) is 1. The molecule has 93 heavy (non-hydrogen) atoms. The van der Waals surface area contributed by atoms with E-state index in [1.165, 1.54) is 181 Å². The third-order valence-electron chi connectivity index (χ3n) is 21.0. The first kappa shape index (κ1) is 74.4. The average Bonchev–Trinajstić information content (AvgIpc) is 0.769. The first-order valence-corrected chi connectivity index (χ1v) is 37.6. The Bertz CT molecular complexity index is 2890. The van der Waals surface area contributed by atoms with Crippen LogP contribution in [0.15, 0.2) is 49.1 Å². The summed E-state index contributed by atoms with van der Waals surface area (Å²) in [6, 6.07) is 7.68. The van der Waals surface area contributed by atoms with E-state index in [1.807, 2.05) is 57.4 Å². The zero-order valence-corrected chi connectivity index (χ0v) is 60.2. The second-order valence-electron chi connectivity index (χ2n) is 28.8. The van der Waals surface area contributed by atoms with Crippen LogP contribution in [-0.4, -0.2) is 161 Å². The third-order valence-corrected chi connectivity index (χ3v) is 21.9. The molecule has 4 aromatic heterocycles. The second kappa shape index (κ2) is 39.7. The van der Waals surface area contributed by atoms with Crippen LogP contribution in [0.5, 0.6) is 0 Å². The molecule has 0 aromatic carbocycles. The molecule has 16 rings (SSSR count). The molecule has 15 nitrogen and oxygen atoms in total. The molecule has 4 aliphatic heterocycles. The number of nitrogens with zero attached hydrogens (tertiary/aromatic N) is 12. The fourth-order valence-electron chi connectivity index (χ4n) is 17.2. The Morgan fingerprint density at radius 3 is 1.33 bits per heavy atom. The van der Waals surface area contributed by atoms with Gasteiger partial charge in [-0.3, -0.25) is 19.4 Å². The molecule has 8 saturated carbocycles. The summed E-state index contributed by atoms with van der Waals surface area (Å²) in [6.45, 7) is 21.8. The number of Topliss-reactive ketones (excluding diaryl/α,β-unsaturated/α-hetero) is 1. The van der Waals surface area contributed by atoms with Crippen LogP contribution < -0.4 is 0 Å². The summed E-state index contributed by atoms with van der Waals surface area (Å²) in [5.74, 6) is 16.8. The number of aromatic nitrogens is 8. The highest BCUT2D eigenvalue weighted by Gasteiger charge is 2.55. The maximum atomic E-state index is 13.3. The van der Waals surface area contributed by atoms with Gasteiger partial charge in [-0.1, -0.05) is 37.5 Å². The SMILES string of the molecule is C#CCN1CCCCC1.CCO.Cc1ccnc(C#CCN2CCCCC2)n1.Cc1ccnc(CCCN2CCCCC2)n1.Cc1ccnc(I)n1.O=C(Cc1ccnc(CCCN2CCCCC2)n1)C12CC3CC(CC(C3)C1)C2.O=C(Cl)C12CC3CC(CC(C3)C1)C2. The topological polar surface area (TPSA) is 170 Å². The van der Waals surface area contributed by atoms with Crippen LogP contribution in [0.1, 0.15) is 214 Å². The number of aliphatic hydroxyl groups is 1. The molecule has 0 unspecified atom stereocenters. The fourth-order valence-corrected chi connectivity index (χ4v) is 18.0. The highest BCUT2D eigenvalue weighted by molar-refractivity contribution is 14.1. The highest BCUT2D eigenvalue weighted by Crippen LogP contribution is 2.62. The lowest BCUT2D eigenvalue weighted by molar-refractivity contribution is -0.143. The first-order valence-electron chi connectivity index (χ1n) is 36.2.